The van der Waals surface area contributed by atoms with Crippen molar-refractivity contribution in [2.75, 3.05) is 0 Å². The molecule has 0 aromatic carbocycles. The van der Waals surface area contributed by atoms with Gasteiger partial charge in [0.05, 0.1) is 47.8 Å². The summed E-state index contributed by atoms with van der Waals surface area (Å²) in [5.74, 6) is 0.884. The van der Waals surface area contributed by atoms with Gasteiger partial charge in [-0.05, 0) is 235 Å². The van der Waals surface area contributed by atoms with Crippen LogP contribution in [0.5, 0.6) is 0 Å². The molecular weight excluding hydrogens is 849 g/mol. The van der Waals surface area contributed by atoms with Gasteiger partial charge in [0, 0.05) is 0 Å². The van der Waals surface area contributed by atoms with Gasteiger partial charge in [-0.3, -0.25) is 0 Å². The third-order valence-electron chi connectivity index (χ3n) is 24.5. The van der Waals surface area contributed by atoms with Crippen LogP contribution in [0.15, 0.2) is 23.3 Å². The second-order valence-electron chi connectivity index (χ2n) is 29.3. The van der Waals surface area contributed by atoms with Gasteiger partial charge in [-0.1, -0.05) is 92.5 Å². The molecule has 0 saturated heterocycles. The van der Waals surface area contributed by atoms with Gasteiger partial charge < -0.3 is 40.9 Å². The Hall–Kier alpha value is -0.840. The van der Waals surface area contributed by atoms with Crippen molar-refractivity contribution in [3.05, 3.63) is 23.3 Å². The lowest BCUT2D eigenvalue weighted by Crippen LogP contribution is -2.69. The van der Waals surface area contributed by atoms with E-state index >= 15 is 0 Å². The maximum Gasteiger partial charge on any atom is 0.0654 e. The van der Waals surface area contributed by atoms with E-state index in [1.165, 1.54) is 11.1 Å². The molecule has 0 aliphatic heterocycles. The highest BCUT2D eigenvalue weighted by Gasteiger charge is 2.75. The number of rotatable bonds is 8. The molecule has 16 unspecified atom stereocenters. The van der Waals surface area contributed by atoms with Crippen LogP contribution in [0.1, 0.15) is 214 Å². The molecule has 22 atom stereocenters. The molecule has 68 heavy (non-hydrogen) atoms. The third-order valence-corrected chi connectivity index (χ3v) is 24.5. The van der Waals surface area contributed by atoms with E-state index in [0.717, 1.165) is 103 Å². The first-order chi connectivity index (χ1) is 31.0. The standard InChI is InChI=1S/2C30H52O4/c2*1-18(2)10-9-13-30(8,34)19-11-15-28(6)24(19)20(31)16-22-27(5)14-12-23(33)26(3,4)25(27)21(32)17-29(22,28)7/h2*10,19-25,31-34H,9,11-17H2,1-8H3/t19?,20?,21-,22?,23?,24?,25?,27?,28+,29?,30+;19?,20?,21-,22?,23?,24?,25?,27?,28+,29?,30-/m00/s1. The summed E-state index contributed by atoms with van der Waals surface area (Å²) in [7, 11) is 0. The van der Waals surface area contributed by atoms with Crippen molar-refractivity contribution in [2.24, 2.45) is 90.7 Å². The van der Waals surface area contributed by atoms with Crippen LogP contribution in [0, 0.1) is 90.7 Å². The molecule has 8 N–H and O–H groups in total. The molecule has 8 aliphatic rings. The molecule has 0 aromatic rings. The van der Waals surface area contributed by atoms with Crippen LogP contribution >= 0.6 is 0 Å². The van der Waals surface area contributed by atoms with Crippen LogP contribution in [0.2, 0.25) is 0 Å². The Labute approximate surface area is 414 Å². The smallest absolute Gasteiger partial charge is 0.0654 e. The summed E-state index contributed by atoms with van der Waals surface area (Å²) in [5.41, 5.74) is -0.459. The zero-order valence-corrected chi connectivity index (χ0v) is 46.1. The van der Waals surface area contributed by atoms with Gasteiger partial charge in [0.1, 0.15) is 0 Å². The third kappa shape index (κ3) is 8.17. The molecule has 392 valence electrons. The van der Waals surface area contributed by atoms with Crippen molar-refractivity contribution in [1.82, 2.24) is 0 Å². The molecule has 0 spiro atoms. The molecule has 0 radical (unpaired) electrons. The monoisotopic (exact) mass is 953 g/mol. The van der Waals surface area contributed by atoms with Gasteiger partial charge in [0.15, 0.2) is 0 Å². The van der Waals surface area contributed by atoms with Gasteiger partial charge in [-0.25, -0.2) is 0 Å². The van der Waals surface area contributed by atoms with E-state index in [1.807, 2.05) is 13.8 Å². The van der Waals surface area contributed by atoms with E-state index < -0.39 is 47.8 Å². The first-order valence-corrected chi connectivity index (χ1v) is 27.8. The normalized spacial score (nSPS) is 51.6. The Morgan fingerprint density at radius 2 is 0.794 bits per heavy atom. The predicted molar refractivity (Wildman–Crippen MR) is 274 cm³/mol. The van der Waals surface area contributed by atoms with Crippen LogP contribution < -0.4 is 0 Å². The lowest BCUT2D eigenvalue weighted by molar-refractivity contribution is -0.274. The Kier molecular flexibility index (Phi) is 14.5. The van der Waals surface area contributed by atoms with Gasteiger partial charge >= 0.3 is 0 Å². The molecule has 8 rings (SSSR count). The number of fused-ring (bicyclic) bond motifs is 10. The molecular formula is C60H104O8. The SMILES string of the molecule is CC(C)=CCC[C@@](C)(O)C1CC[C@]2(C)C1C(O)CC1C3(C)CCC(O)C(C)(C)C3[C@@H](O)CC12C.CC(C)=CCC[C@](C)(O)C1CC[C@]2(C)C1C(O)CC1C3(C)CCC(O)C(C)(C)C3[C@@H](O)CC12C. The maximum absolute atomic E-state index is 11.8. The Balaban J connectivity index is 0.000000201. The zero-order chi connectivity index (χ0) is 51.0. The minimum atomic E-state index is -0.810. The Morgan fingerprint density at radius 1 is 0.471 bits per heavy atom. The van der Waals surface area contributed by atoms with Crippen LogP contribution in [0.25, 0.3) is 0 Å². The van der Waals surface area contributed by atoms with Crippen molar-refractivity contribution in [2.45, 2.75) is 261 Å². The summed E-state index contributed by atoms with van der Waals surface area (Å²) in [4.78, 5) is 0. The molecule has 8 heteroatoms. The van der Waals surface area contributed by atoms with Crippen molar-refractivity contribution < 1.29 is 40.9 Å². The lowest BCUT2D eigenvalue weighted by Gasteiger charge is -2.71. The van der Waals surface area contributed by atoms with Crippen LogP contribution in [-0.4, -0.2) is 88.7 Å². The second kappa shape index (κ2) is 17.9. The number of aliphatic hydroxyl groups is 8. The lowest BCUT2D eigenvalue weighted by atomic mass is 9.34. The maximum atomic E-state index is 11.8. The van der Waals surface area contributed by atoms with E-state index in [-0.39, 0.29) is 78.8 Å². The van der Waals surface area contributed by atoms with Gasteiger partial charge in [-0.15, -0.1) is 0 Å². The minimum absolute atomic E-state index is 0.0264. The van der Waals surface area contributed by atoms with Gasteiger partial charge in [-0.2, -0.15) is 0 Å². The molecule has 0 amide bonds. The van der Waals surface area contributed by atoms with Gasteiger partial charge in [0.2, 0.25) is 0 Å². The van der Waals surface area contributed by atoms with Crippen LogP contribution in [-0.2, 0) is 0 Å². The second-order valence-corrected chi connectivity index (χ2v) is 29.3. The Bertz CT molecular complexity index is 1760. The first kappa shape index (κ1) is 54.9. The van der Waals surface area contributed by atoms with Crippen molar-refractivity contribution >= 4 is 0 Å². The van der Waals surface area contributed by atoms with E-state index in [1.54, 1.807) is 0 Å². The highest BCUT2D eigenvalue weighted by molar-refractivity contribution is 5.24. The minimum Gasteiger partial charge on any atom is -0.393 e. The highest BCUT2D eigenvalue weighted by atomic mass is 16.3. The van der Waals surface area contributed by atoms with E-state index in [2.05, 4.69) is 109 Å². The molecule has 0 aromatic heterocycles. The molecule has 8 fully saturated rings. The summed E-state index contributed by atoms with van der Waals surface area (Å²) >= 11 is 0. The quantitative estimate of drug-likeness (QED) is 0.112. The zero-order valence-electron chi connectivity index (χ0n) is 46.1. The van der Waals surface area contributed by atoms with E-state index in [4.69, 9.17) is 0 Å². The number of hydrogen-bond acceptors (Lipinski definition) is 8. The highest BCUT2D eigenvalue weighted by Crippen LogP contribution is 2.78. The van der Waals surface area contributed by atoms with Crippen LogP contribution in [0.4, 0.5) is 0 Å². The van der Waals surface area contributed by atoms with Crippen molar-refractivity contribution in [1.29, 1.82) is 0 Å². The summed E-state index contributed by atoms with van der Waals surface area (Å²) in [6, 6.07) is 0. The predicted octanol–water partition coefficient (Wildman–Crippen LogP) is 10.9. The number of aliphatic hydroxyl groups excluding tert-OH is 6. The summed E-state index contributed by atoms with van der Waals surface area (Å²) in [6.45, 7) is 35.1. The fraction of sp³-hybridized carbons (Fsp3) is 0.933. The molecule has 8 aliphatic carbocycles. The average molecular weight is 953 g/mol. The topological polar surface area (TPSA) is 162 Å². The fourth-order valence-electron chi connectivity index (χ4n) is 20.9. The van der Waals surface area contributed by atoms with E-state index in [0.29, 0.717) is 11.8 Å². The van der Waals surface area contributed by atoms with Gasteiger partial charge in [0.25, 0.3) is 0 Å². The van der Waals surface area contributed by atoms with Crippen molar-refractivity contribution in [3.8, 4) is 0 Å². The largest absolute Gasteiger partial charge is 0.393 e. The fourth-order valence-corrected chi connectivity index (χ4v) is 20.9. The molecule has 8 nitrogen and oxygen atoms in total. The number of allylic oxidation sites excluding steroid dienone is 4. The Morgan fingerprint density at radius 3 is 1.10 bits per heavy atom. The summed E-state index contributed by atoms with van der Waals surface area (Å²) in [5, 5.41) is 91.9. The first-order valence-electron chi connectivity index (χ1n) is 27.8. The summed E-state index contributed by atoms with van der Waals surface area (Å²) in [6.07, 6.45) is 15.1. The van der Waals surface area contributed by atoms with E-state index in [9.17, 15) is 40.9 Å². The molecule has 8 saturated carbocycles. The average Bonchev–Trinajstić information content (AvgIpc) is 3.78. The molecule has 0 bridgehead atoms. The number of hydrogen-bond donors (Lipinski definition) is 8. The molecule has 0 heterocycles. The summed E-state index contributed by atoms with van der Waals surface area (Å²) < 4.78 is 0. The van der Waals surface area contributed by atoms with Crippen LogP contribution in [0.3, 0.4) is 0 Å². The van der Waals surface area contributed by atoms with Crippen molar-refractivity contribution in [3.63, 3.8) is 0 Å².